The van der Waals surface area contributed by atoms with Crippen LogP contribution in [-0.2, 0) is 16.8 Å². The summed E-state index contributed by atoms with van der Waals surface area (Å²) in [5, 5.41) is 17.6. The molecule has 202 valence electrons. The smallest absolute Gasteiger partial charge is 0.217 e. The van der Waals surface area contributed by atoms with Gasteiger partial charge in [-0.25, -0.2) is 13.8 Å². The van der Waals surface area contributed by atoms with Gasteiger partial charge >= 0.3 is 0 Å². The highest BCUT2D eigenvalue weighted by Crippen LogP contribution is 2.35. The fraction of sp³-hybridized carbons (Fsp3) is 0.400. The molecule has 1 unspecified atom stereocenters. The van der Waals surface area contributed by atoms with Crippen molar-refractivity contribution in [2.45, 2.75) is 57.2 Å². The summed E-state index contributed by atoms with van der Waals surface area (Å²) >= 11 is 0. The van der Waals surface area contributed by atoms with Gasteiger partial charge in [0.25, 0.3) is 0 Å². The number of aromatic nitrogens is 1. The molecule has 0 radical (unpaired) electrons. The maximum atomic E-state index is 13.8. The second-order valence-corrected chi connectivity index (χ2v) is 10.5. The van der Waals surface area contributed by atoms with Crippen molar-refractivity contribution >= 4 is 11.7 Å². The predicted molar refractivity (Wildman–Crippen MR) is 145 cm³/mol. The number of rotatable bonds is 10. The zero-order chi connectivity index (χ0) is 27.3. The minimum Gasteiger partial charge on any atom is -0.390 e. The van der Waals surface area contributed by atoms with Gasteiger partial charge in [0, 0.05) is 38.8 Å². The fourth-order valence-corrected chi connectivity index (χ4v) is 5.19. The summed E-state index contributed by atoms with van der Waals surface area (Å²) in [6, 6.07) is 16.9. The molecule has 8 heteroatoms. The van der Waals surface area contributed by atoms with Crippen LogP contribution < -0.4 is 15.5 Å². The minimum absolute atomic E-state index is 0.0903. The average molecular weight is 523 g/mol. The largest absolute Gasteiger partial charge is 0.390 e. The molecule has 1 saturated heterocycles. The Labute approximate surface area is 223 Å². The predicted octanol–water partition coefficient (Wildman–Crippen LogP) is 4.29. The van der Waals surface area contributed by atoms with Gasteiger partial charge in [-0.2, -0.15) is 0 Å². The van der Waals surface area contributed by atoms with E-state index in [2.05, 4.69) is 58.6 Å². The zero-order valence-electron chi connectivity index (χ0n) is 22.1. The van der Waals surface area contributed by atoms with Crippen LogP contribution in [0.4, 0.5) is 14.6 Å². The van der Waals surface area contributed by atoms with Crippen molar-refractivity contribution < 1.29 is 18.7 Å². The van der Waals surface area contributed by atoms with E-state index in [0.717, 1.165) is 30.4 Å². The van der Waals surface area contributed by atoms with Gasteiger partial charge in [0.05, 0.1) is 17.7 Å². The molecule has 6 nitrogen and oxygen atoms in total. The maximum absolute atomic E-state index is 13.8. The molecular formula is C30H36F2N4O2. The number of hydrogen-bond donors (Lipinski definition) is 3. The lowest BCUT2D eigenvalue weighted by Crippen LogP contribution is -2.53. The monoisotopic (exact) mass is 522 g/mol. The quantitative estimate of drug-likeness (QED) is 0.371. The lowest BCUT2D eigenvalue weighted by molar-refractivity contribution is -0.120. The summed E-state index contributed by atoms with van der Waals surface area (Å²) < 4.78 is 27.6. The van der Waals surface area contributed by atoms with Crippen molar-refractivity contribution in [1.29, 1.82) is 0 Å². The number of hydrogen-bond acceptors (Lipinski definition) is 5. The molecule has 3 N–H and O–H groups in total. The van der Waals surface area contributed by atoms with E-state index >= 15 is 0 Å². The van der Waals surface area contributed by atoms with Crippen molar-refractivity contribution in [3.05, 3.63) is 95.2 Å². The number of carbonyl (C=O) groups excluding carboxylic acids is 1. The van der Waals surface area contributed by atoms with Crippen LogP contribution in [0, 0.1) is 11.6 Å². The van der Waals surface area contributed by atoms with Crippen LogP contribution >= 0.6 is 0 Å². The molecule has 1 aromatic heterocycles. The number of nitrogens with one attached hydrogen (secondary N) is 2. The van der Waals surface area contributed by atoms with E-state index in [0.29, 0.717) is 18.0 Å². The van der Waals surface area contributed by atoms with Crippen LogP contribution in [0.15, 0.2) is 66.9 Å². The molecule has 1 fully saturated rings. The fourth-order valence-electron chi connectivity index (χ4n) is 5.19. The molecular weight excluding hydrogens is 486 g/mol. The Kier molecular flexibility index (Phi) is 8.74. The first kappa shape index (κ1) is 27.7. The number of aliphatic hydroxyl groups excluding tert-OH is 1. The molecule has 0 aliphatic carbocycles. The maximum Gasteiger partial charge on any atom is 0.217 e. The highest BCUT2D eigenvalue weighted by atomic mass is 19.1. The van der Waals surface area contributed by atoms with Gasteiger partial charge in [0.15, 0.2) is 0 Å². The molecule has 0 bridgehead atoms. The van der Waals surface area contributed by atoms with Gasteiger partial charge in [0.1, 0.15) is 17.5 Å². The normalized spacial score (nSPS) is 19.0. The van der Waals surface area contributed by atoms with Gasteiger partial charge in [0.2, 0.25) is 5.91 Å². The number of benzene rings is 2. The molecule has 3 aromatic rings. The second kappa shape index (κ2) is 12.0. The third-order valence-electron chi connectivity index (χ3n) is 7.23. The number of anilines is 1. The summed E-state index contributed by atoms with van der Waals surface area (Å²) in [7, 11) is 0. The molecule has 1 aliphatic heterocycles. The Hall–Kier alpha value is -3.36. The Morgan fingerprint density at radius 1 is 1.11 bits per heavy atom. The Bertz CT molecular complexity index is 1220. The van der Waals surface area contributed by atoms with E-state index in [1.807, 2.05) is 18.2 Å². The lowest BCUT2D eigenvalue weighted by Gasteiger charge is -2.34. The molecule has 4 rings (SSSR count). The molecule has 0 saturated carbocycles. The molecule has 1 amide bonds. The number of amides is 1. The van der Waals surface area contributed by atoms with Gasteiger partial charge < -0.3 is 20.6 Å². The van der Waals surface area contributed by atoms with Crippen molar-refractivity contribution in [1.82, 2.24) is 15.6 Å². The standard InChI is InChI=1S/C30H36F2N4O2/c1-20(2)23-7-6-8-24(16-23)30(10-12-36(19-30)29-9-4-5-11-33-29)34-18-28(38)27(35-21(3)37)15-22-13-25(31)17-26(32)14-22/h4-9,11,13-14,16-17,20,27-28,34,38H,10,12,15,18-19H2,1-3H3,(H,35,37)/t27-,28-,30?/m0/s1. The number of pyridine rings is 1. The Morgan fingerprint density at radius 2 is 1.87 bits per heavy atom. The van der Waals surface area contributed by atoms with Crippen molar-refractivity contribution in [3.63, 3.8) is 0 Å². The summed E-state index contributed by atoms with van der Waals surface area (Å²) in [4.78, 5) is 18.7. The number of carbonyl (C=O) groups is 1. The van der Waals surface area contributed by atoms with Gasteiger partial charge in [-0.3, -0.25) is 4.79 Å². The molecule has 2 heterocycles. The molecule has 1 aliphatic rings. The lowest BCUT2D eigenvalue weighted by atomic mass is 9.86. The third kappa shape index (κ3) is 6.74. The topological polar surface area (TPSA) is 77.5 Å². The summed E-state index contributed by atoms with van der Waals surface area (Å²) in [6.45, 7) is 7.28. The van der Waals surface area contributed by atoms with E-state index in [1.165, 1.54) is 24.6 Å². The zero-order valence-corrected chi connectivity index (χ0v) is 22.1. The van der Waals surface area contributed by atoms with Crippen molar-refractivity contribution in [2.24, 2.45) is 0 Å². The number of halogens is 2. The van der Waals surface area contributed by atoms with Gasteiger partial charge in [-0.1, -0.05) is 44.2 Å². The van der Waals surface area contributed by atoms with Crippen LogP contribution in [-0.4, -0.2) is 47.8 Å². The van der Waals surface area contributed by atoms with Crippen LogP contribution in [0.3, 0.4) is 0 Å². The summed E-state index contributed by atoms with van der Waals surface area (Å²) in [6.07, 6.45) is 1.66. The van der Waals surface area contributed by atoms with Crippen molar-refractivity contribution in [3.8, 4) is 0 Å². The van der Waals surface area contributed by atoms with Crippen LogP contribution in [0.1, 0.15) is 49.8 Å². The summed E-state index contributed by atoms with van der Waals surface area (Å²) in [5.74, 6) is -0.465. The molecule has 0 spiro atoms. The van der Waals surface area contributed by atoms with Crippen LogP contribution in [0.25, 0.3) is 0 Å². The number of aliphatic hydroxyl groups is 1. The van der Waals surface area contributed by atoms with Crippen LogP contribution in [0.2, 0.25) is 0 Å². The first-order valence-corrected chi connectivity index (χ1v) is 13.1. The second-order valence-electron chi connectivity index (χ2n) is 10.5. The van der Waals surface area contributed by atoms with E-state index in [4.69, 9.17) is 0 Å². The number of nitrogens with zero attached hydrogens (tertiary/aromatic N) is 2. The van der Waals surface area contributed by atoms with E-state index in [-0.39, 0.29) is 18.9 Å². The van der Waals surface area contributed by atoms with Gasteiger partial charge in [-0.15, -0.1) is 0 Å². The molecule has 3 atom stereocenters. The van der Waals surface area contributed by atoms with E-state index < -0.39 is 29.3 Å². The Balaban J connectivity index is 1.58. The first-order chi connectivity index (χ1) is 18.1. The Morgan fingerprint density at radius 3 is 2.53 bits per heavy atom. The average Bonchev–Trinajstić information content (AvgIpc) is 3.32. The SMILES string of the molecule is CC(=O)N[C@@H](Cc1cc(F)cc(F)c1)[C@@H](O)CNC1(c2cccc(C(C)C)c2)CCN(c2ccccn2)C1. The third-order valence-corrected chi connectivity index (χ3v) is 7.23. The first-order valence-electron chi connectivity index (χ1n) is 13.1. The summed E-state index contributed by atoms with van der Waals surface area (Å²) in [5.41, 5.74) is 2.25. The minimum atomic E-state index is -1.00. The highest BCUT2D eigenvalue weighted by molar-refractivity contribution is 5.73. The van der Waals surface area contributed by atoms with E-state index in [1.54, 1.807) is 6.20 Å². The van der Waals surface area contributed by atoms with Gasteiger partial charge in [-0.05, 0) is 59.7 Å². The molecule has 2 aromatic carbocycles. The van der Waals surface area contributed by atoms with Crippen LogP contribution in [0.5, 0.6) is 0 Å². The van der Waals surface area contributed by atoms with Crippen molar-refractivity contribution in [2.75, 3.05) is 24.5 Å². The van der Waals surface area contributed by atoms with E-state index in [9.17, 15) is 18.7 Å². The molecule has 38 heavy (non-hydrogen) atoms. The highest BCUT2D eigenvalue weighted by Gasteiger charge is 2.41.